The highest BCUT2D eigenvalue weighted by atomic mass is 32.2. The molecule has 0 radical (unpaired) electrons. The normalized spacial score (nSPS) is 14.7. The lowest BCUT2D eigenvalue weighted by atomic mass is 10.0. The zero-order chi connectivity index (χ0) is 11.8. The average molecular weight is 237 g/mol. The lowest BCUT2D eigenvalue weighted by Crippen LogP contribution is -2.36. The molecule has 0 bridgehead atoms. The summed E-state index contributed by atoms with van der Waals surface area (Å²) in [5.74, 6) is 1.91. The lowest BCUT2D eigenvalue weighted by Gasteiger charge is -2.23. The molecule has 1 rings (SSSR count). The minimum atomic E-state index is 0.625. The van der Waals surface area contributed by atoms with Crippen LogP contribution >= 0.6 is 11.8 Å². The molecule has 90 valence electrons. The van der Waals surface area contributed by atoms with Crippen LogP contribution in [-0.4, -0.2) is 18.3 Å². The molecule has 0 heterocycles. The van der Waals surface area contributed by atoms with Gasteiger partial charge < -0.3 is 5.32 Å². The van der Waals surface area contributed by atoms with Crippen LogP contribution in [-0.2, 0) is 0 Å². The third kappa shape index (κ3) is 4.58. The van der Waals surface area contributed by atoms with Gasteiger partial charge in [0.15, 0.2) is 0 Å². The van der Waals surface area contributed by atoms with Gasteiger partial charge in [-0.15, -0.1) is 11.8 Å². The van der Waals surface area contributed by atoms with Gasteiger partial charge in [0.1, 0.15) is 0 Å². The molecule has 1 N–H and O–H groups in total. The van der Waals surface area contributed by atoms with Crippen molar-refractivity contribution in [3.05, 3.63) is 30.3 Å². The van der Waals surface area contributed by atoms with Crippen molar-refractivity contribution in [2.45, 2.75) is 38.1 Å². The van der Waals surface area contributed by atoms with Gasteiger partial charge in [-0.25, -0.2) is 0 Å². The molecular weight excluding hydrogens is 214 g/mol. The number of thioether (sulfide) groups is 1. The second-order valence-electron chi connectivity index (χ2n) is 4.17. The first-order valence-electron chi connectivity index (χ1n) is 6.19. The topological polar surface area (TPSA) is 12.0 Å². The maximum absolute atomic E-state index is 3.58. The van der Waals surface area contributed by atoms with Crippen LogP contribution in [0.25, 0.3) is 0 Å². The molecule has 2 heteroatoms. The van der Waals surface area contributed by atoms with Crippen LogP contribution in [0.1, 0.15) is 27.2 Å². The van der Waals surface area contributed by atoms with Crippen LogP contribution in [0.2, 0.25) is 0 Å². The van der Waals surface area contributed by atoms with Gasteiger partial charge >= 0.3 is 0 Å². The van der Waals surface area contributed by atoms with Gasteiger partial charge in [0.25, 0.3) is 0 Å². The molecule has 0 saturated heterocycles. The Morgan fingerprint density at radius 3 is 2.44 bits per heavy atom. The average Bonchev–Trinajstić information content (AvgIpc) is 2.34. The van der Waals surface area contributed by atoms with Gasteiger partial charge in [-0.2, -0.15) is 0 Å². The SMILES string of the molecule is CCNC(CSc1ccccc1)C(C)CC. The smallest absolute Gasteiger partial charge is 0.0187 e. The van der Waals surface area contributed by atoms with Crippen LogP contribution in [0.5, 0.6) is 0 Å². The van der Waals surface area contributed by atoms with Crippen LogP contribution < -0.4 is 5.32 Å². The van der Waals surface area contributed by atoms with E-state index in [0.717, 1.165) is 18.2 Å². The summed E-state index contributed by atoms with van der Waals surface area (Å²) in [6, 6.07) is 11.3. The van der Waals surface area contributed by atoms with E-state index in [1.54, 1.807) is 0 Å². The van der Waals surface area contributed by atoms with E-state index in [0.29, 0.717) is 6.04 Å². The summed E-state index contributed by atoms with van der Waals surface area (Å²) in [4.78, 5) is 1.37. The van der Waals surface area contributed by atoms with Gasteiger partial charge in [-0.05, 0) is 24.6 Å². The summed E-state index contributed by atoms with van der Waals surface area (Å²) in [7, 11) is 0. The van der Waals surface area contributed by atoms with Crippen molar-refractivity contribution in [1.29, 1.82) is 0 Å². The Balaban J connectivity index is 2.43. The molecule has 2 atom stereocenters. The van der Waals surface area contributed by atoms with Crippen molar-refractivity contribution in [1.82, 2.24) is 5.32 Å². The number of rotatable bonds is 7. The van der Waals surface area contributed by atoms with E-state index < -0.39 is 0 Å². The fraction of sp³-hybridized carbons (Fsp3) is 0.571. The Bertz CT molecular complexity index is 273. The molecule has 1 nitrogen and oxygen atoms in total. The molecule has 2 unspecified atom stereocenters. The molecule has 0 aliphatic carbocycles. The number of hydrogen-bond donors (Lipinski definition) is 1. The molecule has 0 fully saturated rings. The molecule has 0 amide bonds. The minimum absolute atomic E-state index is 0.625. The van der Waals surface area contributed by atoms with E-state index in [-0.39, 0.29) is 0 Å². The quantitative estimate of drug-likeness (QED) is 0.724. The molecule has 0 aliphatic rings. The highest BCUT2D eigenvalue weighted by Crippen LogP contribution is 2.21. The lowest BCUT2D eigenvalue weighted by molar-refractivity contribution is 0.404. The first kappa shape index (κ1) is 13.6. The van der Waals surface area contributed by atoms with Gasteiger partial charge in [-0.1, -0.05) is 45.4 Å². The molecule has 0 spiro atoms. The Labute approximate surface area is 104 Å². The molecule has 16 heavy (non-hydrogen) atoms. The van der Waals surface area contributed by atoms with Crippen molar-refractivity contribution in [3.63, 3.8) is 0 Å². The number of benzene rings is 1. The van der Waals surface area contributed by atoms with Gasteiger partial charge in [0.05, 0.1) is 0 Å². The number of nitrogens with one attached hydrogen (secondary N) is 1. The minimum Gasteiger partial charge on any atom is -0.313 e. The Morgan fingerprint density at radius 2 is 1.88 bits per heavy atom. The van der Waals surface area contributed by atoms with Crippen LogP contribution in [0.3, 0.4) is 0 Å². The zero-order valence-corrected chi connectivity index (χ0v) is 11.4. The zero-order valence-electron chi connectivity index (χ0n) is 10.6. The molecule has 0 aromatic heterocycles. The van der Waals surface area contributed by atoms with Crippen molar-refractivity contribution in [3.8, 4) is 0 Å². The molecule has 1 aromatic carbocycles. The summed E-state index contributed by atoms with van der Waals surface area (Å²) in [5, 5.41) is 3.58. The van der Waals surface area contributed by atoms with Gasteiger partial charge in [-0.3, -0.25) is 0 Å². The predicted octanol–water partition coefficient (Wildman–Crippen LogP) is 3.80. The fourth-order valence-electron chi connectivity index (χ4n) is 1.67. The van der Waals surface area contributed by atoms with Crippen molar-refractivity contribution in [2.24, 2.45) is 5.92 Å². The highest BCUT2D eigenvalue weighted by Gasteiger charge is 2.14. The van der Waals surface area contributed by atoms with Crippen molar-refractivity contribution < 1.29 is 0 Å². The highest BCUT2D eigenvalue weighted by molar-refractivity contribution is 7.99. The Hall–Kier alpha value is -0.470. The predicted molar refractivity (Wildman–Crippen MR) is 74.1 cm³/mol. The molecule has 0 aliphatic heterocycles. The van der Waals surface area contributed by atoms with E-state index in [1.165, 1.54) is 11.3 Å². The summed E-state index contributed by atoms with van der Waals surface area (Å²) in [5.41, 5.74) is 0. The maximum atomic E-state index is 3.58. The number of hydrogen-bond acceptors (Lipinski definition) is 2. The van der Waals surface area contributed by atoms with Crippen molar-refractivity contribution in [2.75, 3.05) is 12.3 Å². The third-order valence-electron chi connectivity index (χ3n) is 2.97. The largest absolute Gasteiger partial charge is 0.313 e. The molecule has 1 aromatic rings. The third-order valence-corrected chi connectivity index (χ3v) is 4.10. The summed E-state index contributed by atoms with van der Waals surface area (Å²) >= 11 is 1.95. The maximum Gasteiger partial charge on any atom is 0.0187 e. The fourth-order valence-corrected chi connectivity index (χ4v) is 2.84. The van der Waals surface area contributed by atoms with E-state index in [2.05, 4.69) is 56.4 Å². The van der Waals surface area contributed by atoms with Crippen LogP contribution in [0, 0.1) is 5.92 Å². The summed E-state index contributed by atoms with van der Waals surface area (Å²) in [6.07, 6.45) is 1.24. The molecular formula is C14H23NS. The summed E-state index contributed by atoms with van der Waals surface area (Å²) in [6.45, 7) is 7.84. The summed E-state index contributed by atoms with van der Waals surface area (Å²) < 4.78 is 0. The van der Waals surface area contributed by atoms with Crippen LogP contribution in [0.4, 0.5) is 0 Å². The second kappa shape index (κ2) is 7.75. The van der Waals surface area contributed by atoms with Gasteiger partial charge in [0.2, 0.25) is 0 Å². The van der Waals surface area contributed by atoms with E-state index >= 15 is 0 Å². The standard InChI is InChI=1S/C14H23NS/c1-4-12(3)14(15-5-2)11-16-13-9-7-6-8-10-13/h6-10,12,14-15H,4-5,11H2,1-3H3. The monoisotopic (exact) mass is 237 g/mol. The van der Waals surface area contributed by atoms with Crippen LogP contribution in [0.15, 0.2) is 35.2 Å². The van der Waals surface area contributed by atoms with E-state index in [4.69, 9.17) is 0 Å². The van der Waals surface area contributed by atoms with Gasteiger partial charge in [0, 0.05) is 16.7 Å². The van der Waals surface area contributed by atoms with E-state index in [9.17, 15) is 0 Å². The first-order chi connectivity index (χ1) is 7.77. The molecule has 0 saturated carbocycles. The Morgan fingerprint density at radius 1 is 1.19 bits per heavy atom. The van der Waals surface area contributed by atoms with Crippen molar-refractivity contribution >= 4 is 11.8 Å². The second-order valence-corrected chi connectivity index (χ2v) is 5.27. The Kier molecular flexibility index (Phi) is 6.58. The first-order valence-corrected chi connectivity index (χ1v) is 7.17. The van der Waals surface area contributed by atoms with E-state index in [1.807, 2.05) is 11.8 Å².